The molecule has 2 N–H and O–H groups in total. The van der Waals surface area contributed by atoms with E-state index in [1.807, 2.05) is 12.3 Å². The first-order chi connectivity index (χ1) is 14.6. The fourth-order valence-electron chi connectivity index (χ4n) is 3.96. The van der Waals surface area contributed by atoms with Crippen LogP contribution in [0.4, 0.5) is 0 Å². The zero-order valence-corrected chi connectivity index (χ0v) is 17.3. The van der Waals surface area contributed by atoms with Crippen LogP contribution in [0.25, 0.3) is 22.4 Å². The Hall–Kier alpha value is -2.98. The summed E-state index contributed by atoms with van der Waals surface area (Å²) < 4.78 is 0. The van der Waals surface area contributed by atoms with Crippen molar-refractivity contribution in [2.45, 2.75) is 45.2 Å². The Kier molecular flexibility index (Phi) is 6.24. The van der Waals surface area contributed by atoms with E-state index in [1.54, 1.807) is 0 Å². The average Bonchev–Trinajstić information content (AvgIpc) is 2.74. The first kappa shape index (κ1) is 20.3. The fourth-order valence-corrected chi connectivity index (χ4v) is 3.96. The van der Waals surface area contributed by atoms with Crippen LogP contribution in [0.2, 0.25) is 0 Å². The monoisotopic (exact) mass is 400 g/mol. The number of nitrogens with zero attached hydrogens (tertiary/aromatic N) is 1. The number of aliphatic carboxylic acids is 1. The van der Waals surface area contributed by atoms with Crippen LogP contribution in [-0.2, 0) is 17.8 Å². The lowest BCUT2D eigenvalue weighted by atomic mass is 9.80. The van der Waals surface area contributed by atoms with Crippen molar-refractivity contribution >= 4 is 5.97 Å². The summed E-state index contributed by atoms with van der Waals surface area (Å²) in [6.07, 6.45) is 5.59. The molecular formula is C26H28N2O2. The van der Waals surface area contributed by atoms with Gasteiger partial charge in [-0.1, -0.05) is 61.9 Å². The molecule has 1 heterocycles. The maximum Gasteiger partial charge on any atom is 0.306 e. The van der Waals surface area contributed by atoms with Crippen LogP contribution >= 0.6 is 0 Å². The summed E-state index contributed by atoms with van der Waals surface area (Å²) >= 11 is 0. The zero-order chi connectivity index (χ0) is 20.9. The summed E-state index contributed by atoms with van der Waals surface area (Å²) in [5, 5.41) is 12.4. The van der Waals surface area contributed by atoms with Crippen LogP contribution in [0.3, 0.4) is 0 Å². The van der Waals surface area contributed by atoms with E-state index in [9.17, 15) is 4.79 Å². The molecule has 1 saturated carbocycles. The SMILES string of the molecule is CCCc1ccc(-c2cc(-c3ccc(CNC4CC(C(=O)O)C4)cc3)ccn2)cc1. The summed E-state index contributed by atoms with van der Waals surface area (Å²) in [6, 6.07) is 21.7. The van der Waals surface area contributed by atoms with E-state index in [1.165, 1.54) is 16.7 Å². The summed E-state index contributed by atoms with van der Waals surface area (Å²) in [6.45, 7) is 2.96. The van der Waals surface area contributed by atoms with E-state index in [0.717, 1.165) is 49.0 Å². The molecule has 2 aromatic carbocycles. The highest BCUT2D eigenvalue weighted by Crippen LogP contribution is 2.28. The molecule has 0 spiro atoms. The third-order valence-electron chi connectivity index (χ3n) is 5.92. The Morgan fingerprint density at radius 2 is 1.63 bits per heavy atom. The van der Waals surface area contributed by atoms with Crippen molar-refractivity contribution in [2.24, 2.45) is 5.92 Å². The van der Waals surface area contributed by atoms with Gasteiger partial charge in [0.2, 0.25) is 0 Å². The van der Waals surface area contributed by atoms with Gasteiger partial charge in [-0.15, -0.1) is 0 Å². The van der Waals surface area contributed by atoms with Crippen LogP contribution in [0, 0.1) is 5.92 Å². The lowest BCUT2D eigenvalue weighted by Crippen LogP contribution is -2.43. The molecule has 0 saturated heterocycles. The smallest absolute Gasteiger partial charge is 0.306 e. The number of carbonyl (C=O) groups is 1. The molecule has 1 aliphatic carbocycles. The Balaban J connectivity index is 1.39. The van der Waals surface area contributed by atoms with E-state index >= 15 is 0 Å². The maximum atomic E-state index is 10.9. The Labute approximate surface area is 178 Å². The van der Waals surface area contributed by atoms with Gasteiger partial charge < -0.3 is 10.4 Å². The maximum absolute atomic E-state index is 10.9. The van der Waals surface area contributed by atoms with Gasteiger partial charge in [0.25, 0.3) is 0 Å². The molecular weight excluding hydrogens is 372 g/mol. The molecule has 154 valence electrons. The van der Waals surface area contributed by atoms with Gasteiger partial charge in [-0.2, -0.15) is 0 Å². The van der Waals surface area contributed by atoms with E-state index in [-0.39, 0.29) is 5.92 Å². The first-order valence-electron chi connectivity index (χ1n) is 10.7. The zero-order valence-electron chi connectivity index (χ0n) is 17.3. The number of benzene rings is 2. The van der Waals surface area contributed by atoms with Crippen LogP contribution < -0.4 is 5.32 Å². The van der Waals surface area contributed by atoms with Gasteiger partial charge in [0.15, 0.2) is 0 Å². The molecule has 0 radical (unpaired) electrons. The van der Waals surface area contributed by atoms with Crippen molar-refractivity contribution in [3.05, 3.63) is 78.0 Å². The van der Waals surface area contributed by atoms with Crippen molar-refractivity contribution in [3.63, 3.8) is 0 Å². The summed E-state index contributed by atoms with van der Waals surface area (Å²) in [7, 11) is 0. The van der Waals surface area contributed by atoms with Crippen molar-refractivity contribution in [2.75, 3.05) is 0 Å². The summed E-state index contributed by atoms with van der Waals surface area (Å²) in [4.78, 5) is 15.5. The average molecular weight is 401 g/mol. The molecule has 3 aromatic rings. The molecule has 0 atom stereocenters. The standard InChI is InChI=1S/C26H28N2O2/c1-2-3-18-4-10-21(11-5-18)25-16-22(12-13-27-25)20-8-6-19(7-9-20)17-28-24-14-23(15-24)26(29)30/h4-13,16,23-24,28H,2-3,14-15,17H2,1H3,(H,29,30). The molecule has 1 aliphatic rings. The van der Waals surface area contributed by atoms with E-state index in [0.29, 0.717) is 6.04 Å². The van der Waals surface area contributed by atoms with Crippen LogP contribution in [0.5, 0.6) is 0 Å². The highest BCUT2D eigenvalue weighted by molar-refractivity contribution is 5.71. The highest BCUT2D eigenvalue weighted by atomic mass is 16.4. The minimum atomic E-state index is -0.675. The Morgan fingerprint density at radius 1 is 0.967 bits per heavy atom. The van der Waals surface area contributed by atoms with Crippen LogP contribution in [-0.4, -0.2) is 22.1 Å². The molecule has 0 bridgehead atoms. The largest absolute Gasteiger partial charge is 0.481 e. The van der Waals surface area contributed by atoms with Gasteiger partial charge in [0.05, 0.1) is 11.6 Å². The number of nitrogens with one attached hydrogen (secondary N) is 1. The lowest BCUT2D eigenvalue weighted by molar-refractivity contribution is -0.145. The minimum absolute atomic E-state index is 0.173. The highest BCUT2D eigenvalue weighted by Gasteiger charge is 2.33. The lowest BCUT2D eigenvalue weighted by Gasteiger charge is -2.33. The Bertz CT molecular complexity index is 990. The molecule has 1 aromatic heterocycles. The second kappa shape index (κ2) is 9.23. The molecule has 4 nitrogen and oxygen atoms in total. The molecule has 0 unspecified atom stereocenters. The molecule has 1 fully saturated rings. The quantitative estimate of drug-likeness (QED) is 0.537. The number of pyridine rings is 1. The number of carboxylic acids is 1. The van der Waals surface area contributed by atoms with Gasteiger partial charge in [0, 0.05) is 24.3 Å². The molecule has 4 heteroatoms. The second-order valence-corrected chi connectivity index (χ2v) is 8.16. The second-order valence-electron chi connectivity index (χ2n) is 8.16. The van der Waals surface area contributed by atoms with Gasteiger partial charge in [-0.25, -0.2) is 0 Å². The van der Waals surface area contributed by atoms with E-state index in [4.69, 9.17) is 5.11 Å². The third-order valence-corrected chi connectivity index (χ3v) is 5.92. The summed E-state index contributed by atoms with van der Waals surface area (Å²) in [5.74, 6) is -0.848. The number of aromatic nitrogens is 1. The molecule has 0 amide bonds. The van der Waals surface area contributed by atoms with Gasteiger partial charge in [-0.3, -0.25) is 9.78 Å². The topological polar surface area (TPSA) is 62.2 Å². The Morgan fingerprint density at radius 3 is 2.30 bits per heavy atom. The van der Waals surface area contributed by atoms with Crippen molar-refractivity contribution < 1.29 is 9.90 Å². The minimum Gasteiger partial charge on any atom is -0.481 e. The molecule has 4 rings (SSSR count). The van der Waals surface area contributed by atoms with Crippen molar-refractivity contribution in [1.29, 1.82) is 0 Å². The van der Waals surface area contributed by atoms with Crippen molar-refractivity contribution in [3.8, 4) is 22.4 Å². The number of aryl methyl sites for hydroxylation is 1. The van der Waals surface area contributed by atoms with Gasteiger partial charge >= 0.3 is 5.97 Å². The van der Waals surface area contributed by atoms with Crippen LogP contribution in [0.1, 0.15) is 37.3 Å². The number of rotatable bonds is 8. The van der Waals surface area contributed by atoms with E-state index < -0.39 is 5.97 Å². The van der Waals surface area contributed by atoms with E-state index in [2.05, 4.69) is 71.8 Å². The molecule has 30 heavy (non-hydrogen) atoms. The fraction of sp³-hybridized carbons (Fsp3) is 0.308. The van der Waals surface area contributed by atoms with Gasteiger partial charge in [0.1, 0.15) is 0 Å². The molecule has 0 aliphatic heterocycles. The van der Waals surface area contributed by atoms with Crippen LogP contribution in [0.15, 0.2) is 66.9 Å². The first-order valence-corrected chi connectivity index (χ1v) is 10.7. The normalized spacial score (nSPS) is 18.0. The third kappa shape index (κ3) is 4.77. The number of carboxylic acid groups (broad SMARTS) is 1. The van der Waals surface area contributed by atoms with Gasteiger partial charge in [-0.05, 0) is 53.6 Å². The number of hydrogen-bond donors (Lipinski definition) is 2. The predicted molar refractivity (Wildman–Crippen MR) is 120 cm³/mol. The summed E-state index contributed by atoms with van der Waals surface area (Å²) in [5.41, 5.74) is 7.01. The predicted octanol–water partition coefficient (Wildman–Crippen LogP) is 5.32. The van der Waals surface area contributed by atoms with Crippen molar-refractivity contribution in [1.82, 2.24) is 10.3 Å². The number of hydrogen-bond acceptors (Lipinski definition) is 3.